The second kappa shape index (κ2) is 13.3. The monoisotopic (exact) mass is 542 g/mol. The van der Waals surface area contributed by atoms with Crippen LogP contribution in [0.4, 0.5) is 5.69 Å². The van der Waals surface area contributed by atoms with Crippen molar-refractivity contribution >= 4 is 35.6 Å². The first-order valence-corrected chi connectivity index (χ1v) is 10.7. The Morgan fingerprint density at radius 3 is 2.45 bits per heavy atom. The number of imidazole rings is 1. The lowest BCUT2D eigenvalue weighted by Gasteiger charge is -2.34. The molecular weight excluding hydrogens is 507 g/mol. The number of anilines is 1. The minimum absolute atomic E-state index is 0. The van der Waals surface area contributed by atoms with Crippen LogP contribution in [0, 0.1) is 0 Å². The number of hydrogen-bond acceptors (Lipinski definition) is 5. The second-order valence-electron chi connectivity index (χ2n) is 7.39. The number of aliphatic imine (C=N–C) groups is 1. The standard InChI is InChI=1S/C22H34N6O2.HI/c1-4-24-22(25-8-5-10-27-13-9-23-17-27)26-18-6-11-28(12-7-18)19-14-20(29-2)16-21(15-19)30-3;/h9,13-18H,4-8,10-12H2,1-3H3,(H2,24,25,26);1H. The summed E-state index contributed by atoms with van der Waals surface area (Å²) < 4.78 is 12.9. The van der Waals surface area contributed by atoms with Gasteiger partial charge in [0, 0.05) is 75.0 Å². The third-order valence-corrected chi connectivity index (χ3v) is 5.28. The molecule has 1 saturated heterocycles. The molecule has 0 atom stereocenters. The number of halogens is 1. The summed E-state index contributed by atoms with van der Waals surface area (Å²) in [5.74, 6) is 2.55. The number of piperidine rings is 1. The number of guanidine groups is 1. The van der Waals surface area contributed by atoms with Crippen molar-refractivity contribution in [2.24, 2.45) is 4.99 Å². The number of aromatic nitrogens is 2. The van der Waals surface area contributed by atoms with Crippen molar-refractivity contribution in [3.8, 4) is 11.5 Å². The predicted molar refractivity (Wildman–Crippen MR) is 136 cm³/mol. The van der Waals surface area contributed by atoms with Crippen molar-refractivity contribution in [3.05, 3.63) is 36.9 Å². The quantitative estimate of drug-likeness (QED) is 0.220. The Kier molecular flexibility index (Phi) is 10.8. The number of methoxy groups -OCH3 is 2. The van der Waals surface area contributed by atoms with E-state index in [0.29, 0.717) is 6.04 Å². The van der Waals surface area contributed by atoms with Crippen molar-refractivity contribution < 1.29 is 9.47 Å². The van der Waals surface area contributed by atoms with E-state index in [0.717, 1.165) is 75.1 Å². The topological polar surface area (TPSA) is 75.9 Å². The Labute approximate surface area is 202 Å². The van der Waals surface area contributed by atoms with Gasteiger partial charge in [-0.2, -0.15) is 0 Å². The summed E-state index contributed by atoms with van der Waals surface area (Å²) in [5.41, 5.74) is 1.14. The SMILES string of the molecule is CCNC(=NCCCn1ccnc1)NC1CCN(c2cc(OC)cc(OC)c2)CC1.I. The average Bonchev–Trinajstić information content (AvgIpc) is 3.30. The van der Waals surface area contributed by atoms with Crippen molar-refractivity contribution in [1.82, 2.24) is 20.2 Å². The van der Waals surface area contributed by atoms with Gasteiger partial charge in [-0.05, 0) is 26.2 Å². The summed E-state index contributed by atoms with van der Waals surface area (Å²) in [6, 6.07) is 6.47. The van der Waals surface area contributed by atoms with Gasteiger partial charge in [0.2, 0.25) is 0 Å². The molecule has 1 aromatic heterocycles. The maximum absolute atomic E-state index is 5.41. The summed E-state index contributed by atoms with van der Waals surface area (Å²) >= 11 is 0. The largest absolute Gasteiger partial charge is 0.497 e. The lowest BCUT2D eigenvalue weighted by Crippen LogP contribution is -2.48. The number of rotatable bonds is 9. The first-order chi connectivity index (χ1) is 14.7. The van der Waals surface area contributed by atoms with Gasteiger partial charge in [-0.15, -0.1) is 24.0 Å². The zero-order chi connectivity index (χ0) is 21.2. The van der Waals surface area contributed by atoms with E-state index in [1.54, 1.807) is 14.2 Å². The van der Waals surface area contributed by atoms with E-state index < -0.39 is 0 Å². The van der Waals surface area contributed by atoms with Gasteiger partial charge in [0.1, 0.15) is 11.5 Å². The summed E-state index contributed by atoms with van der Waals surface area (Å²) in [6.45, 7) is 6.64. The van der Waals surface area contributed by atoms with E-state index in [9.17, 15) is 0 Å². The lowest BCUT2D eigenvalue weighted by atomic mass is 10.0. The maximum atomic E-state index is 5.41. The fraction of sp³-hybridized carbons (Fsp3) is 0.545. The molecule has 0 spiro atoms. The van der Waals surface area contributed by atoms with Crippen molar-refractivity contribution in [2.45, 2.75) is 38.8 Å². The molecule has 0 bridgehead atoms. The molecule has 2 aromatic rings. The molecular formula is C22H35IN6O2. The molecule has 31 heavy (non-hydrogen) atoms. The molecule has 1 aliphatic rings. The van der Waals surface area contributed by atoms with Gasteiger partial charge >= 0.3 is 0 Å². The number of ether oxygens (including phenoxy) is 2. The van der Waals surface area contributed by atoms with E-state index in [2.05, 4.69) is 44.1 Å². The van der Waals surface area contributed by atoms with Crippen LogP contribution < -0.4 is 25.0 Å². The van der Waals surface area contributed by atoms with Crippen molar-refractivity contribution in [1.29, 1.82) is 0 Å². The Balaban J connectivity index is 0.00000341. The molecule has 9 heteroatoms. The predicted octanol–water partition coefficient (Wildman–Crippen LogP) is 3.13. The van der Waals surface area contributed by atoms with E-state index >= 15 is 0 Å². The molecule has 1 aliphatic heterocycles. The Hall–Kier alpha value is -2.17. The van der Waals surface area contributed by atoms with Crippen LogP contribution in [0.25, 0.3) is 0 Å². The Bertz CT molecular complexity index is 769. The normalized spacial score (nSPS) is 14.7. The van der Waals surface area contributed by atoms with Crippen molar-refractivity contribution in [2.75, 3.05) is 45.3 Å². The molecule has 0 unspecified atom stereocenters. The molecule has 3 rings (SSSR count). The third-order valence-electron chi connectivity index (χ3n) is 5.28. The number of aryl methyl sites for hydroxylation is 1. The molecule has 0 radical (unpaired) electrons. The van der Waals surface area contributed by atoms with E-state index in [1.165, 1.54) is 0 Å². The summed E-state index contributed by atoms with van der Waals surface area (Å²) in [7, 11) is 3.37. The highest BCUT2D eigenvalue weighted by molar-refractivity contribution is 14.0. The molecule has 2 heterocycles. The van der Waals surface area contributed by atoms with Crippen LogP contribution in [0.15, 0.2) is 41.9 Å². The van der Waals surface area contributed by atoms with E-state index in [-0.39, 0.29) is 24.0 Å². The van der Waals surface area contributed by atoms with E-state index in [4.69, 9.17) is 14.5 Å². The average molecular weight is 542 g/mol. The smallest absolute Gasteiger partial charge is 0.191 e. The van der Waals surface area contributed by atoms with Gasteiger partial charge in [-0.1, -0.05) is 0 Å². The molecule has 1 aromatic carbocycles. The van der Waals surface area contributed by atoms with E-state index in [1.807, 2.05) is 24.8 Å². The second-order valence-corrected chi connectivity index (χ2v) is 7.39. The molecule has 0 saturated carbocycles. The number of nitrogens with zero attached hydrogens (tertiary/aromatic N) is 4. The van der Waals surface area contributed by atoms with Crippen LogP contribution in [0.1, 0.15) is 26.2 Å². The van der Waals surface area contributed by atoms with Crippen LogP contribution in [-0.2, 0) is 6.54 Å². The van der Waals surface area contributed by atoms with Crippen LogP contribution in [0.2, 0.25) is 0 Å². The molecule has 8 nitrogen and oxygen atoms in total. The minimum atomic E-state index is 0. The molecule has 172 valence electrons. The van der Waals surface area contributed by atoms with Crippen LogP contribution in [0.3, 0.4) is 0 Å². The van der Waals surface area contributed by atoms with Gasteiger partial charge in [0.25, 0.3) is 0 Å². The number of benzene rings is 1. The Morgan fingerprint density at radius 1 is 1.16 bits per heavy atom. The summed E-state index contributed by atoms with van der Waals surface area (Å²) in [6.07, 6.45) is 8.74. The third kappa shape index (κ3) is 7.79. The van der Waals surface area contributed by atoms with Crippen LogP contribution in [0.5, 0.6) is 11.5 Å². The lowest BCUT2D eigenvalue weighted by molar-refractivity contribution is 0.393. The number of nitrogens with one attached hydrogen (secondary N) is 2. The Morgan fingerprint density at radius 2 is 1.87 bits per heavy atom. The van der Waals surface area contributed by atoms with Crippen molar-refractivity contribution in [3.63, 3.8) is 0 Å². The summed E-state index contributed by atoms with van der Waals surface area (Å²) in [4.78, 5) is 11.2. The van der Waals surface area contributed by atoms with Gasteiger partial charge in [-0.3, -0.25) is 4.99 Å². The maximum Gasteiger partial charge on any atom is 0.191 e. The highest BCUT2D eigenvalue weighted by atomic mass is 127. The first kappa shape index (κ1) is 25.1. The first-order valence-electron chi connectivity index (χ1n) is 10.7. The minimum Gasteiger partial charge on any atom is -0.497 e. The van der Waals surface area contributed by atoms with Gasteiger partial charge in [0.05, 0.1) is 20.5 Å². The molecule has 2 N–H and O–H groups in total. The zero-order valence-electron chi connectivity index (χ0n) is 18.7. The van der Waals surface area contributed by atoms with Crippen LogP contribution >= 0.6 is 24.0 Å². The molecule has 0 amide bonds. The zero-order valence-corrected chi connectivity index (χ0v) is 21.0. The van der Waals surface area contributed by atoms with Gasteiger partial charge < -0.3 is 29.6 Å². The molecule has 1 fully saturated rings. The van der Waals surface area contributed by atoms with Crippen LogP contribution in [-0.4, -0.2) is 62.0 Å². The van der Waals surface area contributed by atoms with Gasteiger partial charge in [-0.25, -0.2) is 4.98 Å². The fourth-order valence-electron chi connectivity index (χ4n) is 3.63. The van der Waals surface area contributed by atoms with Gasteiger partial charge in [0.15, 0.2) is 5.96 Å². The fourth-order valence-corrected chi connectivity index (χ4v) is 3.63. The summed E-state index contributed by atoms with van der Waals surface area (Å²) in [5, 5.41) is 6.98. The number of hydrogen-bond donors (Lipinski definition) is 2. The molecule has 0 aliphatic carbocycles. The highest BCUT2D eigenvalue weighted by Crippen LogP contribution is 2.30. The highest BCUT2D eigenvalue weighted by Gasteiger charge is 2.21.